The Labute approximate surface area is 167 Å². The Hall–Kier alpha value is -2.64. The number of carbonyl (C=O) groups is 1. The van der Waals surface area contributed by atoms with Crippen LogP contribution in [-0.4, -0.2) is 34.3 Å². The molecule has 3 rings (SSSR count). The van der Waals surface area contributed by atoms with Gasteiger partial charge in [-0.15, -0.1) is 0 Å². The first-order valence-corrected chi connectivity index (χ1v) is 9.16. The van der Waals surface area contributed by atoms with Crippen LogP contribution in [0.2, 0.25) is 5.02 Å². The molecule has 0 aliphatic rings. The highest BCUT2D eigenvalue weighted by Crippen LogP contribution is 2.20. The van der Waals surface area contributed by atoms with Crippen LogP contribution in [0, 0.1) is 4.77 Å². The predicted molar refractivity (Wildman–Crippen MR) is 108 cm³/mol. The molecule has 27 heavy (non-hydrogen) atoms. The Morgan fingerprint density at radius 2 is 2.07 bits per heavy atom. The zero-order chi connectivity index (χ0) is 19.2. The first kappa shape index (κ1) is 19.1. The summed E-state index contributed by atoms with van der Waals surface area (Å²) in [5, 5.41) is 10.6. The van der Waals surface area contributed by atoms with Gasteiger partial charge in [0.1, 0.15) is 12.3 Å². The van der Waals surface area contributed by atoms with Gasteiger partial charge in [0.15, 0.2) is 10.6 Å². The third kappa shape index (κ3) is 4.96. The highest BCUT2D eigenvalue weighted by atomic mass is 35.5. The largest absolute Gasteiger partial charge is 0.497 e. The number of aromatic amines is 1. The smallest absolute Gasteiger partial charge is 0.240 e. The van der Waals surface area contributed by atoms with Crippen molar-refractivity contribution in [1.29, 1.82) is 0 Å². The number of ether oxygens (including phenoxy) is 1. The van der Waals surface area contributed by atoms with Crippen LogP contribution >= 0.6 is 23.8 Å². The lowest BCUT2D eigenvalue weighted by atomic mass is 10.1. The fraction of sp³-hybridized carbons (Fsp3) is 0.211. The van der Waals surface area contributed by atoms with Crippen molar-refractivity contribution in [2.45, 2.75) is 13.0 Å². The van der Waals surface area contributed by atoms with Crippen LogP contribution in [0.1, 0.15) is 5.56 Å². The summed E-state index contributed by atoms with van der Waals surface area (Å²) < 4.78 is 7.23. The average Bonchev–Trinajstić information content (AvgIpc) is 3.02. The SMILES string of the molecule is COc1ccc(-c2n[nH]c(=S)n2CC(=O)NCCc2cccc(Cl)c2)cc1. The van der Waals surface area contributed by atoms with Crippen molar-refractivity contribution in [1.82, 2.24) is 20.1 Å². The summed E-state index contributed by atoms with van der Waals surface area (Å²) in [6, 6.07) is 15.0. The van der Waals surface area contributed by atoms with E-state index in [0.29, 0.717) is 28.6 Å². The minimum Gasteiger partial charge on any atom is -0.497 e. The molecule has 0 saturated carbocycles. The number of methoxy groups -OCH3 is 1. The first-order valence-electron chi connectivity index (χ1n) is 8.37. The van der Waals surface area contributed by atoms with E-state index in [-0.39, 0.29) is 12.5 Å². The lowest BCUT2D eigenvalue weighted by molar-refractivity contribution is -0.121. The highest BCUT2D eigenvalue weighted by Gasteiger charge is 2.12. The van der Waals surface area contributed by atoms with Gasteiger partial charge in [-0.1, -0.05) is 23.7 Å². The summed E-state index contributed by atoms with van der Waals surface area (Å²) >= 11 is 11.2. The average molecular weight is 403 g/mol. The van der Waals surface area contributed by atoms with Crippen molar-refractivity contribution in [3.8, 4) is 17.1 Å². The van der Waals surface area contributed by atoms with E-state index in [9.17, 15) is 4.79 Å². The van der Waals surface area contributed by atoms with Crippen LogP contribution in [-0.2, 0) is 17.8 Å². The molecule has 1 heterocycles. The molecule has 0 bridgehead atoms. The van der Waals surface area contributed by atoms with Crippen molar-refractivity contribution in [3.05, 3.63) is 63.9 Å². The molecular formula is C19H19ClN4O2S. The third-order valence-corrected chi connectivity index (χ3v) is 4.58. The molecule has 0 aliphatic carbocycles. The van der Waals surface area contributed by atoms with Gasteiger partial charge < -0.3 is 10.1 Å². The molecule has 0 aliphatic heterocycles. The van der Waals surface area contributed by atoms with Gasteiger partial charge >= 0.3 is 0 Å². The van der Waals surface area contributed by atoms with Crippen LogP contribution in [0.25, 0.3) is 11.4 Å². The number of halogens is 1. The van der Waals surface area contributed by atoms with Gasteiger partial charge in [-0.3, -0.25) is 14.5 Å². The van der Waals surface area contributed by atoms with E-state index in [1.54, 1.807) is 11.7 Å². The summed E-state index contributed by atoms with van der Waals surface area (Å²) in [6.07, 6.45) is 0.703. The fourth-order valence-corrected chi connectivity index (χ4v) is 3.07. The summed E-state index contributed by atoms with van der Waals surface area (Å²) in [7, 11) is 1.61. The quantitative estimate of drug-likeness (QED) is 0.592. The number of hydrogen-bond donors (Lipinski definition) is 2. The molecule has 2 aromatic carbocycles. The monoisotopic (exact) mass is 402 g/mol. The summed E-state index contributed by atoms with van der Waals surface area (Å²) in [6.45, 7) is 0.606. The molecule has 0 unspecified atom stereocenters. The first-order chi connectivity index (χ1) is 13.1. The van der Waals surface area contributed by atoms with Gasteiger partial charge in [-0.25, -0.2) is 0 Å². The van der Waals surface area contributed by atoms with E-state index < -0.39 is 0 Å². The van der Waals surface area contributed by atoms with Crippen LogP contribution in [0.5, 0.6) is 5.75 Å². The molecule has 0 saturated heterocycles. The summed E-state index contributed by atoms with van der Waals surface area (Å²) in [4.78, 5) is 12.3. The zero-order valence-electron chi connectivity index (χ0n) is 14.7. The van der Waals surface area contributed by atoms with Crippen LogP contribution in [0.15, 0.2) is 48.5 Å². The van der Waals surface area contributed by atoms with Crippen molar-refractivity contribution >= 4 is 29.7 Å². The maximum atomic E-state index is 12.3. The second kappa shape index (κ2) is 8.83. The molecule has 140 valence electrons. The molecule has 1 aromatic heterocycles. The second-order valence-corrected chi connectivity index (χ2v) is 6.72. The topological polar surface area (TPSA) is 71.9 Å². The van der Waals surface area contributed by atoms with Crippen molar-refractivity contribution in [2.24, 2.45) is 0 Å². The Morgan fingerprint density at radius 1 is 1.30 bits per heavy atom. The maximum Gasteiger partial charge on any atom is 0.240 e. The molecule has 2 N–H and O–H groups in total. The van der Waals surface area contributed by atoms with E-state index in [1.165, 1.54) is 0 Å². The molecule has 6 nitrogen and oxygen atoms in total. The lowest BCUT2D eigenvalue weighted by Crippen LogP contribution is -2.29. The van der Waals surface area contributed by atoms with E-state index >= 15 is 0 Å². The molecule has 1 amide bonds. The number of carbonyl (C=O) groups excluding carboxylic acids is 1. The Morgan fingerprint density at radius 3 is 2.78 bits per heavy atom. The summed E-state index contributed by atoms with van der Waals surface area (Å²) in [5.74, 6) is 1.22. The van der Waals surface area contributed by atoms with E-state index in [4.69, 9.17) is 28.6 Å². The number of H-pyrrole nitrogens is 1. The molecule has 0 atom stereocenters. The van der Waals surface area contributed by atoms with E-state index in [0.717, 1.165) is 16.9 Å². The van der Waals surface area contributed by atoms with E-state index in [1.807, 2.05) is 48.5 Å². The van der Waals surface area contributed by atoms with Crippen LogP contribution in [0.4, 0.5) is 0 Å². The maximum absolute atomic E-state index is 12.3. The van der Waals surface area contributed by atoms with Crippen molar-refractivity contribution < 1.29 is 9.53 Å². The summed E-state index contributed by atoms with van der Waals surface area (Å²) in [5.41, 5.74) is 1.91. The lowest BCUT2D eigenvalue weighted by Gasteiger charge is -2.09. The standard InChI is InChI=1S/C19H19ClN4O2S/c1-26-16-7-5-14(6-8-16)18-22-23-19(27)24(18)12-17(25)21-10-9-13-3-2-4-15(20)11-13/h2-8,11H,9-10,12H2,1H3,(H,21,25)(H,23,27). The van der Waals surface area contributed by atoms with Gasteiger partial charge in [0.2, 0.25) is 5.91 Å². The molecule has 3 aromatic rings. The van der Waals surface area contributed by atoms with Crippen molar-refractivity contribution in [3.63, 3.8) is 0 Å². The third-order valence-electron chi connectivity index (χ3n) is 4.03. The van der Waals surface area contributed by atoms with Gasteiger partial charge in [0.25, 0.3) is 0 Å². The Balaban J connectivity index is 1.64. The molecule has 0 spiro atoms. The number of benzene rings is 2. The number of hydrogen-bond acceptors (Lipinski definition) is 4. The number of aromatic nitrogens is 3. The minimum absolute atomic E-state index is 0.0895. The van der Waals surface area contributed by atoms with Crippen LogP contribution in [0.3, 0.4) is 0 Å². The normalized spacial score (nSPS) is 10.6. The number of amides is 1. The second-order valence-electron chi connectivity index (χ2n) is 5.90. The molecule has 0 radical (unpaired) electrons. The minimum atomic E-state index is -0.135. The van der Waals surface area contributed by atoms with E-state index in [2.05, 4.69) is 15.5 Å². The zero-order valence-corrected chi connectivity index (χ0v) is 16.3. The van der Waals surface area contributed by atoms with Gasteiger partial charge in [-0.2, -0.15) is 5.10 Å². The van der Waals surface area contributed by atoms with Crippen molar-refractivity contribution in [2.75, 3.05) is 13.7 Å². The molecular weight excluding hydrogens is 384 g/mol. The van der Waals surface area contributed by atoms with Gasteiger partial charge in [0.05, 0.1) is 7.11 Å². The fourth-order valence-electron chi connectivity index (χ4n) is 2.66. The predicted octanol–water partition coefficient (Wildman–Crippen LogP) is 3.63. The molecule has 8 heteroatoms. The van der Waals surface area contributed by atoms with Gasteiger partial charge in [0, 0.05) is 17.1 Å². The molecule has 0 fully saturated rings. The van der Waals surface area contributed by atoms with Crippen LogP contribution < -0.4 is 10.1 Å². The number of rotatable bonds is 7. The Bertz CT molecular complexity index is 982. The number of nitrogens with zero attached hydrogens (tertiary/aromatic N) is 2. The number of nitrogens with one attached hydrogen (secondary N) is 2. The van der Waals surface area contributed by atoms with Gasteiger partial charge in [-0.05, 0) is 60.6 Å². The Kier molecular flexibility index (Phi) is 6.26. The highest BCUT2D eigenvalue weighted by molar-refractivity contribution is 7.71.